The molecule has 3 heteroatoms. The first-order chi connectivity index (χ1) is 5.68. The van der Waals surface area contributed by atoms with Crippen molar-refractivity contribution >= 4 is 12.3 Å². The van der Waals surface area contributed by atoms with Crippen LogP contribution in [0.25, 0.3) is 0 Å². The van der Waals surface area contributed by atoms with Crippen LogP contribution in [0.2, 0.25) is 0 Å². The summed E-state index contributed by atoms with van der Waals surface area (Å²) in [6.45, 7) is 0. The highest BCUT2D eigenvalue weighted by Gasteiger charge is 2.32. The van der Waals surface area contributed by atoms with Gasteiger partial charge in [-0.25, -0.2) is 0 Å². The van der Waals surface area contributed by atoms with E-state index in [0.29, 0.717) is 12.8 Å². The lowest BCUT2D eigenvalue weighted by atomic mass is 9.76. The summed E-state index contributed by atoms with van der Waals surface area (Å²) < 4.78 is 0. The summed E-state index contributed by atoms with van der Waals surface area (Å²) in [5.41, 5.74) is -0.624. The minimum Gasteiger partial charge on any atom is -0.481 e. The van der Waals surface area contributed by atoms with Crippen molar-refractivity contribution in [1.29, 1.82) is 0 Å². The molecule has 1 aliphatic rings. The number of hydrogen-bond acceptors (Lipinski definition) is 2. The van der Waals surface area contributed by atoms with Gasteiger partial charge in [0.1, 0.15) is 6.29 Å². The highest BCUT2D eigenvalue weighted by atomic mass is 16.4. The molecule has 1 atom stereocenters. The summed E-state index contributed by atoms with van der Waals surface area (Å²) in [7, 11) is 0. The Morgan fingerprint density at radius 2 is 2.33 bits per heavy atom. The molecule has 12 heavy (non-hydrogen) atoms. The fraction of sp³-hybridized carbons (Fsp3) is 0.556. The number of aliphatic carboxylic acids is 1. The molecule has 1 aliphatic carbocycles. The predicted molar refractivity (Wildman–Crippen MR) is 43.7 cm³/mol. The minimum atomic E-state index is -0.891. The van der Waals surface area contributed by atoms with Gasteiger partial charge >= 0.3 is 5.97 Å². The second-order valence-electron chi connectivity index (χ2n) is 3.26. The van der Waals surface area contributed by atoms with Gasteiger partial charge in [0.15, 0.2) is 0 Å². The average Bonchev–Trinajstić information content (AvgIpc) is 2.05. The van der Waals surface area contributed by atoms with Crippen LogP contribution in [-0.2, 0) is 9.59 Å². The van der Waals surface area contributed by atoms with E-state index < -0.39 is 11.4 Å². The van der Waals surface area contributed by atoms with Crippen LogP contribution in [0.1, 0.15) is 25.7 Å². The van der Waals surface area contributed by atoms with E-state index in [0.717, 1.165) is 12.7 Å². The molecule has 0 saturated carbocycles. The molecule has 0 amide bonds. The number of allylic oxidation sites excluding steroid dienone is 2. The van der Waals surface area contributed by atoms with E-state index in [4.69, 9.17) is 5.11 Å². The molecule has 0 spiro atoms. The lowest BCUT2D eigenvalue weighted by Crippen LogP contribution is -2.27. The highest BCUT2D eigenvalue weighted by molar-refractivity contribution is 5.74. The van der Waals surface area contributed by atoms with E-state index >= 15 is 0 Å². The number of carbonyl (C=O) groups excluding carboxylic acids is 1. The van der Waals surface area contributed by atoms with Crippen LogP contribution in [0.15, 0.2) is 12.2 Å². The van der Waals surface area contributed by atoms with E-state index in [9.17, 15) is 9.59 Å². The minimum absolute atomic E-state index is 0.0408. The molecule has 0 bridgehead atoms. The zero-order valence-electron chi connectivity index (χ0n) is 6.82. The van der Waals surface area contributed by atoms with Gasteiger partial charge in [0.25, 0.3) is 0 Å². The molecule has 1 unspecified atom stereocenters. The van der Waals surface area contributed by atoms with Crippen LogP contribution in [0, 0.1) is 5.41 Å². The molecule has 0 aromatic heterocycles. The van der Waals surface area contributed by atoms with Crippen molar-refractivity contribution in [1.82, 2.24) is 0 Å². The lowest BCUT2D eigenvalue weighted by molar-refractivity contribution is -0.142. The first kappa shape index (κ1) is 8.97. The normalized spacial score (nSPS) is 28.3. The molecule has 0 radical (unpaired) electrons. The van der Waals surface area contributed by atoms with E-state index in [-0.39, 0.29) is 6.42 Å². The van der Waals surface area contributed by atoms with E-state index in [1.54, 1.807) is 0 Å². The van der Waals surface area contributed by atoms with Gasteiger partial charge in [-0.1, -0.05) is 12.2 Å². The SMILES string of the molecule is O=CC1(CC(=O)O)CC=CCC1. The third-order valence-electron chi connectivity index (χ3n) is 2.25. The Morgan fingerprint density at radius 3 is 2.75 bits per heavy atom. The summed E-state index contributed by atoms with van der Waals surface area (Å²) >= 11 is 0. The molecule has 0 fully saturated rings. The second kappa shape index (κ2) is 3.52. The Kier molecular flexibility index (Phi) is 2.63. The van der Waals surface area contributed by atoms with Crippen molar-refractivity contribution in [2.24, 2.45) is 5.41 Å². The third kappa shape index (κ3) is 1.94. The molecule has 0 aromatic carbocycles. The van der Waals surface area contributed by atoms with Gasteiger partial charge in [0.05, 0.1) is 6.42 Å². The van der Waals surface area contributed by atoms with Crippen LogP contribution < -0.4 is 0 Å². The Hall–Kier alpha value is -1.12. The molecule has 0 aliphatic heterocycles. The van der Waals surface area contributed by atoms with Crippen LogP contribution in [0.4, 0.5) is 0 Å². The zero-order valence-corrected chi connectivity index (χ0v) is 6.82. The Labute approximate surface area is 71.1 Å². The number of carbonyl (C=O) groups is 2. The van der Waals surface area contributed by atoms with Gasteiger partial charge in [-0.05, 0) is 19.3 Å². The van der Waals surface area contributed by atoms with Gasteiger partial charge in [-0.15, -0.1) is 0 Å². The van der Waals surface area contributed by atoms with Crippen LogP contribution in [0.3, 0.4) is 0 Å². The van der Waals surface area contributed by atoms with Gasteiger partial charge < -0.3 is 9.90 Å². The molecule has 1 N–H and O–H groups in total. The largest absolute Gasteiger partial charge is 0.481 e. The van der Waals surface area contributed by atoms with Crippen molar-refractivity contribution in [3.8, 4) is 0 Å². The fourth-order valence-corrected chi connectivity index (χ4v) is 1.52. The van der Waals surface area contributed by atoms with Crippen molar-refractivity contribution in [3.63, 3.8) is 0 Å². The topological polar surface area (TPSA) is 54.4 Å². The molecule has 0 aromatic rings. The maximum Gasteiger partial charge on any atom is 0.304 e. The Morgan fingerprint density at radius 1 is 1.58 bits per heavy atom. The fourth-order valence-electron chi connectivity index (χ4n) is 1.52. The second-order valence-corrected chi connectivity index (χ2v) is 3.26. The van der Waals surface area contributed by atoms with E-state index in [1.165, 1.54) is 0 Å². The van der Waals surface area contributed by atoms with Crippen LogP contribution in [-0.4, -0.2) is 17.4 Å². The van der Waals surface area contributed by atoms with E-state index in [2.05, 4.69) is 0 Å². The molecule has 1 rings (SSSR count). The van der Waals surface area contributed by atoms with Crippen LogP contribution in [0.5, 0.6) is 0 Å². The maximum atomic E-state index is 10.7. The number of carboxylic acid groups (broad SMARTS) is 1. The summed E-state index contributed by atoms with van der Waals surface area (Å²) in [6, 6.07) is 0. The van der Waals surface area contributed by atoms with Gasteiger partial charge in [-0.2, -0.15) is 0 Å². The maximum absolute atomic E-state index is 10.7. The summed E-state index contributed by atoms with van der Waals surface area (Å²) in [5.74, 6) is -0.891. The number of rotatable bonds is 3. The van der Waals surface area contributed by atoms with Crippen molar-refractivity contribution in [2.45, 2.75) is 25.7 Å². The first-order valence-corrected chi connectivity index (χ1v) is 4.02. The van der Waals surface area contributed by atoms with Crippen molar-refractivity contribution < 1.29 is 14.7 Å². The summed E-state index contributed by atoms with van der Waals surface area (Å²) in [5, 5.41) is 8.58. The Balaban J connectivity index is 2.68. The quantitative estimate of drug-likeness (QED) is 0.511. The number of hydrogen-bond donors (Lipinski definition) is 1. The average molecular weight is 168 g/mol. The third-order valence-corrected chi connectivity index (χ3v) is 2.25. The summed E-state index contributed by atoms with van der Waals surface area (Å²) in [6.07, 6.45) is 6.68. The van der Waals surface area contributed by atoms with Crippen LogP contribution >= 0.6 is 0 Å². The molecular formula is C9H12O3. The monoisotopic (exact) mass is 168 g/mol. The first-order valence-electron chi connectivity index (χ1n) is 4.02. The van der Waals surface area contributed by atoms with Crippen molar-refractivity contribution in [3.05, 3.63) is 12.2 Å². The van der Waals surface area contributed by atoms with Crippen molar-refractivity contribution in [2.75, 3.05) is 0 Å². The standard InChI is InChI=1S/C9H12O3/c10-7-9(6-8(11)12)4-2-1-3-5-9/h1-2,7H,3-6H2,(H,11,12). The van der Waals surface area contributed by atoms with E-state index in [1.807, 2.05) is 12.2 Å². The number of carboxylic acids is 1. The molecule has 0 heterocycles. The Bertz CT molecular complexity index is 220. The van der Waals surface area contributed by atoms with Gasteiger partial charge in [-0.3, -0.25) is 4.79 Å². The molecule has 3 nitrogen and oxygen atoms in total. The molecular weight excluding hydrogens is 156 g/mol. The highest BCUT2D eigenvalue weighted by Crippen LogP contribution is 2.33. The van der Waals surface area contributed by atoms with Gasteiger partial charge in [0.2, 0.25) is 0 Å². The smallest absolute Gasteiger partial charge is 0.304 e. The lowest BCUT2D eigenvalue weighted by Gasteiger charge is -2.26. The molecule has 0 saturated heterocycles. The number of aldehydes is 1. The van der Waals surface area contributed by atoms with Gasteiger partial charge in [0, 0.05) is 5.41 Å². The summed E-state index contributed by atoms with van der Waals surface area (Å²) in [4.78, 5) is 21.2. The predicted octanol–water partition coefficient (Wildman–Crippen LogP) is 1.39. The molecule has 66 valence electrons. The zero-order chi connectivity index (χ0) is 9.03.